The molecule has 102 valence electrons. The number of aldehydes is 1. The average molecular weight is 268 g/mol. The van der Waals surface area contributed by atoms with Gasteiger partial charge in [-0.25, -0.2) is 0 Å². The van der Waals surface area contributed by atoms with Gasteiger partial charge in [-0.15, -0.1) is 0 Å². The lowest BCUT2D eigenvalue weighted by Gasteiger charge is -2.12. The molecule has 2 aromatic rings. The van der Waals surface area contributed by atoms with Crippen molar-refractivity contribution in [3.8, 4) is 11.5 Å². The van der Waals surface area contributed by atoms with Gasteiger partial charge in [0.05, 0.1) is 0 Å². The second kappa shape index (κ2) is 5.37. The Bertz CT molecular complexity index is 634. The van der Waals surface area contributed by atoms with E-state index >= 15 is 0 Å². The average Bonchev–Trinajstić information content (AvgIpc) is 2.87. The monoisotopic (exact) mass is 268 g/mol. The van der Waals surface area contributed by atoms with Gasteiger partial charge in [-0.05, 0) is 30.7 Å². The van der Waals surface area contributed by atoms with Crippen LogP contribution in [0.25, 0.3) is 0 Å². The molecule has 0 fully saturated rings. The van der Waals surface area contributed by atoms with Gasteiger partial charge >= 0.3 is 0 Å². The predicted octanol–water partition coefficient (Wildman–Crippen LogP) is 3.19. The van der Waals surface area contributed by atoms with Gasteiger partial charge in [0, 0.05) is 12.0 Å². The summed E-state index contributed by atoms with van der Waals surface area (Å²) in [5.41, 5.74) is 3.10. The number of benzene rings is 2. The highest BCUT2D eigenvalue weighted by molar-refractivity contribution is 5.75. The Kier molecular flexibility index (Phi) is 3.42. The first-order chi connectivity index (χ1) is 9.74. The van der Waals surface area contributed by atoms with E-state index in [1.54, 1.807) is 12.1 Å². The molecule has 3 heteroatoms. The third-order valence-electron chi connectivity index (χ3n) is 3.39. The Balaban J connectivity index is 1.62. The lowest BCUT2D eigenvalue weighted by Crippen LogP contribution is -2.22. The zero-order valence-electron chi connectivity index (χ0n) is 11.3. The summed E-state index contributed by atoms with van der Waals surface area (Å²) in [5, 5.41) is 0. The van der Waals surface area contributed by atoms with Gasteiger partial charge in [0.2, 0.25) is 0 Å². The van der Waals surface area contributed by atoms with Crippen LogP contribution in [0.4, 0.5) is 0 Å². The summed E-state index contributed by atoms with van der Waals surface area (Å²) in [6.07, 6.45) is 1.72. The molecular formula is C17H16O3. The zero-order valence-corrected chi connectivity index (χ0v) is 11.3. The zero-order chi connectivity index (χ0) is 13.9. The number of hydrogen-bond acceptors (Lipinski definition) is 3. The fraction of sp³-hybridized carbons (Fsp3) is 0.235. The van der Waals surface area contributed by atoms with Gasteiger partial charge in [0.15, 0.2) is 0 Å². The third-order valence-corrected chi connectivity index (χ3v) is 3.39. The van der Waals surface area contributed by atoms with Crippen LogP contribution in [-0.2, 0) is 6.42 Å². The number of ether oxygens (including phenoxy) is 2. The number of rotatable bonds is 4. The van der Waals surface area contributed by atoms with Crippen LogP contribution in [0.2, 0.25) is 0 Å². The molecule has 0 saturated heterocycles. The summed E-state index contributed by atoms with van der Waals surface area (Å²) in [4.78, 5) is 10.7. The van der Waals surface area contributed by atoms with Crippen molar-refractivity contribution < 1.29 is 14.3 Å². The van der Waals surface area contributed by atoms with Crippen LogP contribution in [0, 0.1) is 6.92 Å². The molecule has 3 nitrogen and oxygen atoms in total. The minimum atomic E-state index is 0.0340. The molecule has 1 aliphatic rings. The maximum absolute atomic E-state index is 10.7. The van der Waals surface area contributed by atoms with Crippen molar-refractivity contribution >= 4 is 6.29 Å². The summed E-state index contributed by atoms with van der Waals surface area (Å²) in [7, 11) is 0. The molecule has 0 aliphatic carbocycles. The molecule has 0 bridgehead atoms. The lowest BCUT2D eigenvalue weighted by molar-refractivity contribution is 0.112. The standard InChI is InChI=1S/C17H16O3/c1-12-5-6-17-14(7-12)9-16(20-17)11-19-15-4-2-3-13(8-15)10-18/h2-8,10,16H,9,11H2,1H3. The van der Waals surface area contributed by atoms with Crippen LogP contribution < -0.4 is 9.47 Å². The minimum Gasteiger partial charge on any atom is -0.490 e. The Morgan fingerprint density at radius 2 is 2.20 bits per heavy atom. The van der Waals surface area contributed by atoms with E-state index in [0.29, 0.717) is 17.9 Å². The fourth-order valence-electron chi connectivity index (χ4n) is 2.41. The molecule has 0 amide bonds. The van der Waals surface area contributed by atoms with Gasteiger partial charge in [0.1, 0.15) is 30.5 Å². The van der Waals surface area contributed by atoms with Gasteiger partial charge in [0.25, 0.3) is 0 Å². The number of aryl methyl sites for hydroxylation is 1. The quantitative estimate of drug-likeness (QED) is 0.799. The predicted molar refractivity (Wildman–Crippen MR) is 76.6 cm³/mol. The molecule has 1 unspecified atom stereocenters. The highest BCUT2D eigenvalue weighted by Gasteiger charge is 2.23. The van der Waals surface area contributed by atoms with Crippen molar-refractivity contribution in [2.24, 2.45) is 0 Å². The molecule has 20 heavy (non-hydrogen) atoms. The second-order valence-corrected chi connectivity index (χ2v) is 5.06. The van der Waals surface area contributed by atoms with Gasteiger partial charge < -0.3 is 9.47 Å². The maximum atomic E-state index is 10.7. The molecule has 0 spiro atoms. The highest BCUT2D eigenvalue weighted by Crippen LogP contribution is 2.29. The molecule has 2 aromatic carbocycles. The summed E-state index contributed by atoms with van der Waals surface area (Å²) < 4.78 is 11.6. The molecule has 0 radical (unpaired) electrons. The Hall–Kier alpha value is -2.29. The van der Waals surface area contributed by atoms with Gasteiger partial charge in [-0.2, -0.15) is 0 Å². The number of hydrogen-bond donors (Lipinski definition) is 0. The van der Waals surface area contributed by atoms with E-state index < -0.39 is 0 Å². The van der Waals surface area contributed by atoms with E-state index in [1.807, 2.05) is 18.2 Å². The topological polar surface area (TPSA) is 35.5 Å². The van der Waals surface area contributed by atoms with Gasteiger partial charge in [-0.3, -0.25) is 4.79 Å². The number of fused-ring (bicyclic) bond motifs is 1. The largest absolute Gasteiger partial charge is 0.490 e. The van der Waals surface area contributed by atoms with Gasteiger partial charge in [-0.1, -0.05) is 29.8 Å². The molecule has 3 rings (SSSR count). The van der Waals surface area contributed by atoms with Crippen molar-refractivity contribution in [3.63, 3.8) is 0 Å². The van der Waals surface area contributed by atoms with Crippen LogP contribution in [0.3, 0.4) is 0 Å². The number of carbonyl (C=O) groups is 1. The maximum Gasteiger partial charge on any atom is 0.150 e. The summed E-state index contributed by atoms with van der Waals surface area (Å²) in [5.74, 6) is 1.65. The first-order valence-corrected chi connectivity index (χ1v) is 6.69. The summed E-state index contributed by atoms with van der Waals surface area (Å²) in [6, 6.07) is 13.4. The molecular weight excluding hydrogens is 252 g/mol. The van der Waals surface area contributed by atoms with Crippen LogP contribution in [0.5, 0.6) is 11.5 Å². The SMILES string of the molecule is Cc1ccc2c(c1)CC(COc1cccc(C=O)c1)O2. The molecule has 1 heterocycles. The summed E-state index contributed by atoms with van der Waals surface area (Å²) >= 11 is 0. The number of carbonyl (C=O) groups excluding carboxylic acids is 1. The Morgan fingerprint density at radius 3 is 3.05 bits per heavy atom. The van der Waals surface area contributed by atoms with Crippen LogP contribution in [-0.4, -0.2) is 19.0 Å². The lowest BCUT2D eigenvalue weighted by atomic mass is 10.1. The van der Waals surface area contributed by atoms with Crippen molar-refractivity contribution in [3.05, 3.63) is 59.2 Å². The van der Waals surface area contributed by atoms with E-state index in [0.717, 1.165) is 18.5 Å². The Labute approximate surface area is 118 Å². The molecule has 1 atom stereocenters. The normalized spacial score (nSPS) is 16.4. The van der Waals surface area contributed by atoms with Crippen molar-refractivity contribution in [2.45, 2.75) is 19.4 Å². The first kappa shape index (κ1) is 12.7. The molecule has 0 aromatic heterocycles. The molecule has 0 saturated carbocycles. The minimum absolute atomic E-state index is 0.0340. The third kappa shape index (κ3) is 2.67. The molecule has 0 N–H and O–H groups in total. The van der Waals surface area contributed by atoms with E-state index in [4.69, 9.17) is 9.47 Å². The van der Waals surface area contributed by atoms with Crippen LogP contribution in [0.1, 0.15) is 21.5 Å². The first-order valence-electron chi connectivity index (χ1n) is 6.69. The fourth-order valence-corrected chi connectivity index (χ4v) is 2.41. The van der Waals surface area contributed by atoms with Crippen LogP contribution >= 0.6 is 0 Å². The molecule has 1 aliphatic heterocycles. The highest BCUT2D eigenvalue weighted by atomic mass is 16.5. The van der Waals surface area contributed by atoms with E-state index in [2.05, 4.69) is 19.1 Å². The van der Waals surface area contributed by atoms with Crippen molar-refractivity contribution in [2.75, 3.05) is 6.61 Å². The Morgan fingerprint density at radius 1 is 1.30 bits per heavy atom. The van der Waals surface area contributed by atoms with Crippen LogP contribution in [0.15, 0.2) is 42.5 Å². The van der Waals surface area contributed by atoms with E-state index in [-0.39, 0.29) is 6.10 Å². The summed E-state index contributed by atoms with van der Waals surface area (Å²) in [6.45, 7) is 2.56. The van der Waals surface area contributed by atoms with Crippen molar-refractivity contribution in [1.29, 1.82) is 0 Å². The van der Waals surface area contributed by atoms with E-state index in [1.165, 1.54) is 11.1 Å². The smallest absolute Gasteiger partial charge is 0.150 e. The van der Waals surface area contributed by atoms with Crippen molar-refractivity contribution in [1.82, 2.24) is 0 Å². The van der Waals surface area contributed by atoms with E-state index in [9.17, 15) is 4.79 Å². The second-order valence-electron chi connectivity index (χ2n) is 5.06.